The third-order valence-corrected chi connectivity index (χ3v) is 12.5. The zero-order valence-electron chi connectivity index (χ0n) is 29.4. The molecule has 1 amide bonds. The molecular formula is C35H51NO12. The van der Waals surface area contributed by atoms with E-state index in [9.17, 15) is 34.8 Å². The van der Waals surface area contributed by atoms with Crippen LogP contribution in [0.3, 0.4) is 0 Å². The van der Waals surface area contributed by atoms with E-state index in [1.807, 2.05) is 0 Å². The molecule has 2 bridgehead atoms. The maximum absolute atomic E-state index is 14.7. The van der Waals surface area contributed by atoms with E-state index in [0.717, 1.165) is 0 Å². The van der Waals surface area contributed by atoms with Gasteiger partial charge in [0.25, 0.3) is 0 Å². The molecular weight excluding hydrogens is 626 g/mol. The van der Waals surface area contributed by atoms with Crippen LogP contribution < -0.4 is 5.32 Å². The summed E-state index contributed by atoms with van der Waals surface area (Å²) in [7, 11) is 1.47. The van der Waals surface area contributed by atoms with Gasteiger partial charge in [-0.2, -0.15) is 0 Å². The van der Waals surface area contributed by atoms with Crippen LogP contribution in [-0.2, 0) is 28.5 Å². The molecule has 2 saturated carbocycles. The van der Waals surface area contributed by atoms with E-state index >= 15 is 0 Å². The molecule has 11 atom stereocenters. The van der Waals surface area contributed by atoms with Crippen molar-refractivity contribution >= 4 is 17.8 Å². The molecule has 0 spiro atoms. The third-order valence-electron chi connectivity index (χ3n) is 12.5. The summed E-state index contributed by atoms with van der Waals surface area (Å²) in [6, 6.07) is 1.60. The minimum atomic E-state index is -1.98. The first-order valence-corrected chi connectivity index (χ1v) is 16.5. The van der Waals surface area contributed by atoms with E-state index in [1.165, 1.54) is 25.5 Å². The molecule has 1 aromatic rings. The second kappa shape index (κ2) is 11.6. The van der Waals surface area contributed by atoms with Gasteiger partial charge < -0.3 is 49.1 Å². The first-order valence-electron chi connectivity index (χ1n) is 16.5. The monoisotopic (exact) mass is 677 g/mol. The fourth-order valence-electron chi connectivity index (χ4n) is 9.33. The Morgan fingerprint density at radius 3 is 2.29 bits per heavy atom. The molecule has 268 valence electrons. The van der Waals surface area contributed by atoms with Crippen molar-refractivity contribution in [2.75, 3.05) is 13.7 Å². The van der Waals surface area contributed by atoms with E-state index in [-0.39, 0.29) is 30.8 Å². The number of nitrogens with one attached hydrogen (secondary N) is 1. The van der Waals surface area contributed by atoms with Crippen LogP contribution >= 0.6 is 0 Å². The number of methoxy groups -OCH3 is 1. The predicted octanol–water partition coefficient (Wildman–Crippen LogP) is 2.74. The molecule has 1 saturated heterocycles. The van der Waals surface area contributed by atoms with E-state index in [0.29, 0.717) is 5.57 Å². The van der Waals surface area contributed by atoms with Gasteiger partial charge in [0.1, 0.15) is 35.2 Å². The quantitative estimate of drug-likeness (QED) is 0.219. The van der Waals surface area contributed by atoms with Crippen molar-refractivity contribution in [1.29, 1.82) is 0 Å². The number of esters is 1. The summed E-state index contributed by atoms with van der Waals surface area (Å²) in [5.41, 5.74) is -7.77. The van der Waals surface area contributed by atoms with Crippen LogP contribution in [0.4, 0.5) is 4.79 Å². The molecule has 1 aliphatic heterocycles. The topological polar surface area (TPSA) is 194 Å². The highest BCUT2D eigenvalue weighted by Crippen LogP contribution is 2.70. The number of hydrogen-bond acceptors (Lipinski definition) is 12. The Morgan fingerprint density at radius 2 is 1.77 bits per heavy atom. The third kappa shape index (κ3) is 4.91. The first-order chi connectivity index (χ1) is 22.0. The number of ether oxygens (including phenoxy) is 4. The number of hydrogen-bond donors (Lipinski definition) is 5. The summed E-state index contributed by atoms with van der Waals surface area (Å²) in [5, 5.41) is 51.0. The molecule has 13 nitrogen and oxygen atoms in total. The molecule has 3 fully saturated rings. The van der Waals surface area contributed by atoms with Crippen LogP contribution in [0.25, 0.3) is 0 Å². The number of carbonyl (C=O) groups excluding carboxylic acids is 3. The highest BCUT2D eigenvalue weighted by Gasteiger charge is 2.79. The first kappa shape index (κ1) is 36.5. The minimum absolute atomic E-state index is 0.0614. The maximum Gasteiger partial charge on any atom is 0.408 e. The van der Waals surface area contributed by atoms with Gasteiger partial charge in [-0.1, -0.05) is 27.7 Å². The van der Waals surface area contributed by atoms with E-state index in [4.69, 9.17) is 23.4 Å². The van der Waals surface area contributed by atoms with E-state index in [1.54, 1.807) is 62.3 Å². The number of rotatable bonds is 6. The lowest BCUT2D eigenvalue weighted by Gasteiger charge is -2.72. The fourth-order valence-corrected chi connectivity index (χ4v) is 9.33. The van der Waals surface area contributed by atoms with Crippen LogP contribution in [0.5, 0.6) is 0 Å². The number of furan rings is 1. The average molecular weight is 678 g/mol. The van der Waals surface area contributed by atoms with Crippen molar-refractivity contribution in [3.8, 4) is 0 Å². The zero-order chi connectivity index (χ0) is 36.0. The van der Waals surface area contributed by atoms with Gasteiger partial charge in [0.05, 0.1) is 36.1 Å². The Bertz CT molecular complexity index is 1480. The molecule has 3 aliphatic carbocycles. The number of amides is 1. The molecule has 48 heavy (non-hydrogen) atoms. The standard InChI is InChI=1S/C35H51NO12/c1-17-20(47-28(40)26(38)24(19-12-11-13-45-19)36-29(41)48-30(3,4)5)15-34(42)18(2)33(9)32(8,27(39)25(37)23(17)31(34,6)7)21(44-10)14-22-35(33,43)16-46-22/h11-13,18,20-22,24-26,37-38,42-43H,14-16H2,1-10H3,(H,36,41)/t18-,20?,21?,22?,24?,25?,26?,32-,33?,34?,35?/m0/s1. The van der Waals surface area contributed by atoms with Crippen LogP contribution in [0.15, 0.2) is 34.0 Å². The highest BCUT2D eigenvalue weighted by atomic mass is 16.6. The lowest BCUT2D eigenvalue weighted by molar-refractivity contribution is -0.373. The Kier molecular flexibility index (Phi) is 8.84. The Balaban J connectivity index is 1.56. The summed E-state index contributed by atoms with van der Waals surface area (Å²) < 4.78 is 28.3. The number of aliphatic hydroxyl groups excluding tert-OH is 2. The van der Waals surface area contributed by atoms with Gasteiger partial charge in [0.15, 0.2) is 11.9 Å². The number of carbonyl (C=O) groups is 3. The molecule has 4 aliphatic rings. The lowest BCUT2D eigenvalue weighted by Crippen LogP contribution is -2.83. The van der Waals surface area contributed by atoms with Crippen LogP contribution in [0.1, 0.15) is 87.0 Å². The van der Waals surface area contributed by atoms with Gasteiger partial charge in [-0.05, 0) is 63.8 Å². The predicted molar refractivity (Wildman–Crippen MR) is 169 cm³/mol. The van der Waals surface area contributed by atoms with Gasteiger partial charge in [0.2, 0.25) is 0 Å². The van der Waals surface area contributed by atoms with Crippen LogP contribution in [0, 0.1) is 22.2 Å². The second-order valence-corrected chi connectivity index (χ2v) is 15.9. The Labute approximate surface area is 280 Å². The number of aliphatic hydroxyl groups is 4. The van der Waals surface area contributed by atoms with Crippen LogP contribution in [-0.4, -0.2) is 99.3 Å². The molecule has 1 aromatic heterocycles. The van der Waals surface area contributed by atoms with E-state index < -0.39 is 93.4 Å². The molecule has 13 heteroatoms. The van der Waals surface area contributed by atoms with Gasteiger partial charge >= 0.3 is 12.1 Å². The minimum Gasteiger partial charge on any atom is -0.467 e. The smallest absolute Gasteiger partial charge is 0.408 e. The number of fused-ring (bicyclic) bond motifs is 5. The SMILES string of the molecule is COC1CC2OCC2(O)C2(C)[C@H](C)C3(O)CC(OC(=O)C(O)C(NC(=O)OC(C)(C)C)c4ccco4)C(C)=C(C(O)C(=O)[C@]12C)C3(C)C. The summed E-state index contributed by atoms with van der Waals surface area (Å²) in [5.74, 6) is -2.53. The van der Waals surface area contributed by atoms with E-state index in [2.05, 4.69) is 5.32 Å². The van der Waals surface area contributed by atoms with Crippen molar-refractivity contribution in [2.45, 2.75) is 129 Å². The largest absolute Gasteiger partial charge is 0.467 e. The molecule has 5 rings (SSSR count). The number of ketones is 1. The Hall–Kier alpha value is -2.81. The molecule has 2 heterocycles. The van der Waals surface area contributed by atoms with Gasteiger partial charge in [0, 0.05) is 30.8 Å². The lowest BCUT2D eigenvalue weighted by atomic mass is 9.36. The van der Waals surface area contributed by atoms with Crippen molar-refractivity contribution in [1.82, 2.24) is 5.32 Å². The molecule has 0 radical (unpaired) electrons. The fraction of sp³-hybridized carbons (Fsp3) is 0.743. The average Bonchev–Trinajstić information content (AvgIpc) is 3.53. The van der Waals surface area contributed by atoms with Crippen molar-refractivity contribution in [3.05, 3.63) is 35.3 Å². The number of Topliss-reactive ketones (excluding diaryl/α,β-unsaturated/α-hetero) is 1. The summed E-state index contributed by atoms with van der Waals surface area (Å²) in [4.78, 5) is 41.0. The summed E-state index contributed by atoms with van der Waals surface area (Å²) in [6.07, 6.45) is -5.91. The Morgan fingerprint density at radius 1 is 1.12 bits per heavy atom. The normalized spacial score (nSPS) is 40.3. The van der Waals surface area contributed by atoms with Crippen molar-refractivity contribution < 1.29 is 58.2 Å². The van der Waals surface area contributed by atoms with Gasteiger partial charge in [-0.25, -0.2) is 9.59 Å². The summed E-state index contributed by atoms with van der Waals surface area (Å²) in [6.45, 7) is 15.2. The maximum atomic E-state index is 14.7. The molecule has 0 aromatic carbocycles. The van der Waals surface area contributed by atoms with Crippen molar-refractivity contribution in [3.63, 3.8) is 0 Å². The van der Waals surface area contributed by atoms with Crippen molar-refractivity contribution in [2.24, 2.45) is 22.2 Å². The van der Waals surface area contributed by atoms with Gasteiger partial charge in [-0.3, -0.25) is 4.79 Å². The number of alkyl carbamates (subject to hydrolysis) is 1. The second-order valence-electron chi connectivity index (χ2n) is 15.9. The zero-order valence-corrected chi connectivity index (χ0v) is 29.4. The molecule has 5 N–H and O–H groups in total. The van der Waals surface area contributed by atoms with Crippen LogP contribution in [0.2, 0.25) is 0 Å². The highest BCUT2D eigenvalue weighted by molar-refractivity contribution is 5.94. The summed E-state index contributed by atoms with van der Waals surface area (Å²) >= 11 is 0. The molecule has 9 unspecified atom stereocenters. The van der Waals surface area contributed by atoms with Gasteiger partial charge in [-0.15, -0.1) is 0 Å².